The average Bonchev–Trinajstić information content (AvgIpc) is 2.43. The Morgan fingerprint density at radius 1 is 1.32 bits per heavy atom. The summed E-state index contributed by atoms with van der Waals surface area (Å²) in [5, 5.41) is 13.5. The smallest absolute Gasteiger partial charge is 0.251 e. The van der Waals surface area contributed by atoms with Gasteiger partial charge in [0.1, 0.15) is 12.2 Å². The van der Waals surface area contributed by atoms with Crippen molar-refractivity contribution in [3.8, 4) is 11.8 Å². The topological polar surface area (TPSA) is 91.2 Å². The lowest BCUT2D eigenvalue weighted by atomic mass is 10.2. The van der Waals surface area contributed by atoms with Crippen molar-refractivity contribution in [3.63, 3.8) is 0 Å². The van der Waals surface area contributed by atoms with E-state index >= 15 is 0 Å². The molecule has 0 spiro atoms. The standard InChI is InChI=1S/C13H15N3O3/c1-19-11-4-2-3-10(9-11)13(18)16-8-7-15-12(17)5-6-14/h2-4,9H,5,7-8H2,1H3,(H,15,17)(H,16,18). The molecule has 0 aliphatic rings. The molecule has 19 heavy (non-hydrogen) atoms. The molecule has 100 valence electrons. The first-order valence-electron chi connectivity index (χ1n) is 5.73. The van der Waals surface area contributed by atoms with Crippen LogP contribution in [0, 0.1) is 11.3 Å². The molecule has 0 fully saturated rings. The van der Waals surface area contributed by atoms with Crippen LogP contribution in [0.4, 0.5) is 0 Å². The Labute approximate surface area is 111 Å². The molecule has 0 aliphatic carbocycles. The largest absolute Gasteiger partial charge is 0.497 e. The van der Waals surface area contributed by atoms with Gasteiger partial charge in [-0.25, -0.2) is 0 Å². The zero-order chi connectivity index (χ0) is 14.1. The molecule has 0 saturated heterocycles. The molecule has 0 saturated carbocycles. The van der Waals surface area contributed by atoms with Gasteiger partial charge in [0.25, 0.3) is 5.91 Å². The van der Waals surface area contributed by atoms with Crippen molar-refractivity contribution < 1.29 is 14.3 Å². The summed E-state index contributed by atoms with van der Waals surface area (Å²) >= 11 is 0. The minimum Gasteiger partial charge on any atom is -0.497 e. The van der Waals surface area contributed by atoms with Crippen LogP contribution >= 0.6 is 0 Å². The number of hydrogen-bond acceptors (Lipinski definition) is 4. The Morgan fingerprint density at radius 2 is 2.05 bits per heavy atom. The third kappa shape index (κ3) is 5.08. The molecular weight excluding hydrogens is 246 g/mol. The summed E-state index contributed by atoms with van der Waals surface area (Å²) < 4.78 is 5.02. The molecule has 0 atom stereocenters. The first-order chi connectivity index (χ1) is 9.17. The first kappa shape index (κ1) is 14.5. The molecular formula is C13H15N3O3. The Kier molecular flexibility index (Phi) is 5.89. The summed E-state index contributed by atoms with van der Waals surface area (Å²) in [7, 11) is 1.53. The summed E-state index contributed by atoms with van der Waals surface area (Å²) in [6.45, 7) is 0.587. The molecule has 1 rings (SSSR count). The predicted molar refractivity (Wildman–Crippen MR) is 68.6 cm³/mol. The van der Waals surface area contributed by atoms with E-state index in [0.717, 1.165) is 0 Å². The van der Waals surface area contributed by atoms with Gasteiger partial charge in [-0.3, -0.25) is 9.59 Å². The average molecular weight is 261 g/mol. The number of carbonyl (C=O) groups is 2. The number of ether oxygens (including phenoxy) is 1. The molecule has 1 aromatic carbocycles. The monoisotopic (exact) mass is 261 g/mol. The van der Waals surface area contributed by atoms with Crippen LogP contribution in [0.5, 0.6) is 5.75 Å². The van der Waals surface area contributed by atoms with Crippen molar-refractivity contribution in [1.29, 1.82) is 5.26 Å². The minimum atomic E-state index is -0.349. The normalized spacial score (nSPS) is 9.26. The van der Waals surface area contributed by atoms with E-state index in [-0.39, 0.29) is 24.8 Å². The van der Waals surface area contributed by atoms with Gasteiger partial charge >= 0.3 is 0 Å². The number of benzene rings is 1. The van der Waals surface area contributed by atoms with Crippen molar-refractivity contribution in [3.05, 3.63) is 29.8 Å². The highest BCUT2D eigenvalue weighted by atomic mass is 16.5. The maximum Gasteiger partial charge on any atom is 0.251 e. The first-order valence-corrected chi connectivity index (χ1v) is 5.73. The van der Waals surface area contributed by atoms with Crippen LogP contribution in [0.15, 0.2) is 24.3 Å². The summed E-state index contributed by atoms with van der Waals surface area (Å²) in [6.07, 6.45) is -0.177. The van der Waals surface area contributed by atoms with Crippen molar-refractivity contribution in [2.45, 2.75) is 6.42 Å². The fourth-order valence-electron chi connectivity index (χ4n) is 1.38. The van der Waals surface area contributed by atoms with Crippen molar-refractivity contribution >= 4 is 11.8 Å². The van der Waals surface area contributed by atoms with Crippen molar-refractivity contribution in [1.82, 2.24) is 10.6 Å². The Hall–Kier alpha value is -2.55. The van der Waals surface area contributed by atoms with E-state index < -0.39 is 0 Å². The highest BCUT2D eigenvalue weighted by Crippen LogP contribution is 2.11. The second-order valence-electron chi connectivity index (χ2n) is 3.67. The van der Waals surface area contributed by atoms with Crippen LogP contribution in [-0.2, 0) is 4.79 Å². The number of methoxy groups -OCH3 is 1. The summed E-state index contributed by atoms with van der Waals surface area (Å²) in [5.41, 5.74) is 0.489. The van der Waals surface area contributed by atoms with Crippen LogP contribution in [0.2, 0.25) is 0 Å². The van der Waals surface area contributed by atoms with Gasteiger partial charge < -0.3 is 15.4 Å². The molecule has 0 radical (unpaired) electrons. The number of nitrogens with zero attached hydrogens (tertiary/aromatic N) is 1. The number of amides is 2. The lowest BCUT2D eigenvalue weighted by molar-refractivity contribution is -0.120. The van der Waals surface area contributed by atoms with Gasteiger partial charge in [-0.05, 0) is 18.2 Å². The van der Waals surface area contributed by atoms with Crippen LogP contribution in [0.3, 0.4) is 0 Å². The highest BCUT2D eigenvalue weighted by Gasteiger charge is 2.06. The number of rotatable bonds is 6. The number of hydrogen-bond donors (Lipinski definition) is 2. The Bertz CT molecular complexity index is 494. The summed E-state index contributed by atoms with van der Waals surface area (Å²) in [5.74, 6) is 0.0153. The van der Waals surface area contributed by atoms with Crippen molar-refractivity contribution in [2.24, 2.45) is 0 Å². The number of carbonyl (C=O) groups excluding carboxylic acids is 2. The summed E-state index contributed by atoms with van der Waals surface area (Å²) in [6, 6.07) is 8.52. The van der Waals surface area contributed by atoms with Gasteiger partial charge in [-0.1, -0.05) is 6.07 Å². The fraction of sp³-hybridized carbons (Fsp3) is 0.308. The second kappa shape index (κ2) is 7.71. The van der Waals surface area contributed by atoms with Crippen LogP contribution < -0.4 is 15.4 Å². The Morgan fingerprint density at radius 3 is 2.74 bits per heavy atom. The predicted octanol–water partition coefficient (Wildman–Crippen LogP) is 0.455. The Balaban J connectivity index is 2.35. The van der Waals surface area contributed by atoms with Gasteiger partial charge in [0.15, 0.2) is 0 Å². The van der Waals surface area contributed by atoms with Gasteiger partial charge in [0, 0.05) is 18.7 Å². The van der Waals surface area contributed by atoms with Crippen LogP contribution in [-0.4, -0.2) is 32.0 Å². The molecule has 0 heterocycles. The number of nitrogens with one attached hydrogen (secondary N) is 2. The highest BCUT2D eigenvalue weighted by molar-refractivity contribution is 5.94. The molecule has 6 heteroatoms. The van der Waals surface area contributed by atoms with Crippen LogP contribution in [0.25, 0.3) is 0 Å². The molecule has 0 bridgehead atoms. The van der Waals surface area contributed by atoms with Gasteiger partial charge in [0.05, 0.1) is 13.2 Å². The molecule has 2 N–H and O–H groups in total. The SMILES string of the molecule is COc1cccc(C(=O)NCCNC(=O)CC#N)c1. The van der Waals surface area contributed by atoms with E-state index in [1.54, 1.807) is 30.3 Å². The molecule has 2 amide bonds. The molecule has 1 aromatic rings. The molecule has 0 aromatic heterocycles. The maximum atomic E-state index is 11.8. The van der Waals surface area contributed by atoms with Gasteiger partial charge in [0.2, 0.25) is 5.91 Å². The van der Waals surface area contributed by atoms with Gasteiger partial charge in [-0.15, -0.1) is 0 Å². The zero-order valence-corrected chi connectivity index (χ0v) is 10.6. The quantitative estimate of drug-likeness (QED) is 0.727. The second-order valence-corrected chi connectivity index (χ2v) is 3.67. The van der Waals surface area contributed by atoms with Gasteiger partial charge in [-0.2, -0.15) is 5.26 Å². The lowest BCUT2D eigenvalue weighted by Crippen LogP contribution is -2.34. The lowest BCUT2D eigenvalue weighted by Gasteiger charge is -2.07. The third-order valence-corrected chi connectivity index (χ3v) is 2.30. The molecule has 6 nitrogen and oxygen atoms in total. The van der Waals surface area contributed by atoms with E-state index in [1.165, 1.54) is 7.11 Å². The van der Waals surface area contributed by atoms with E-state index in [1.807, 2.05) is 0 Å². The molecule has 0 unspecified atom stereocenters. The van der Waals surface area contributed by atoms with E-state index in [4.69, 9.17) is 10.00 Å². The number of nitriles is 1. The van der Waals surface area contributed by atoms with E-state index in [0.29, 0.717) is 17.9 Å². The minimum absolute atomic E-state index is 0.177. The van der Waals surface area contributed by atoms with Crippen LogP contribution in [0.1, 0.15) is 16.8 Å². The molecule has 0 aliphatic heterocycles. The fourth-order valence-corrected chi connectivity index (χ4v) is 1.38. The van der Waals surface area contributed by atoms with E-state index in [9.17, 15) is 9.59 Å². The zero-order valence-electron chi connectivity index (χ0n) is 10.6. The summed E-state index contributed by atoms with van der Waals surface area (Å²) in [4.78, 5) is 22.7. The third-order valence-electron chi connectivity index (χ3n) is 2.30. The maximum absolute atomic E-state index is 11.8. The van der Waals surface area contributed by atoms with Crippen molar-refractivity contribution in [2.75, 3.05) is 20.2 Å². The van der Waals surface area contributed by atoms with E-state index in [2.05, 4.69) is 10.6 Å².